The molecule has 1 N–H and O–H groups in total. The van der Waals surface area contributed by atoms with E-state index in [2.05, 4.69) is 5.32 Å². The second kappa shape index (κ2) is 8.41. The summed E-state index contributed by atoms with van der Waals surface area (Å²) in [5.41, 5.74) is 3.09. The molecule has 0 saturated carbocycles. The minimum atomic E-state index is -0.557. The predicted molar refractivity (Wildman–Crippen MR) is 85.0 cm³/mol. The summed E-state index contributed by atoms with van der Waals surface area (Å²) in [6.07, 6.45) is 0.828. The molecule has 0 unspecified atom stereocenters. The van der Waals surface area contributed by atoms with Crippen molar-refractivity contribution < 1.29 is 19.1 Å². The SMILES string of the molecule is CC[C@@H](C)NC(=O)COC(=O)COc1c(C)cc(C)cc1C. The molecule has 5 heteroatoms. The standard InChI is InChI=1S/C17H25NO4/c1-6-14(5)18-15(19)9-21-16(20)10-22-17-12(3)7-11(2)8-13(17)4/h7-8,14H,6,9-10H2,1-5H3,(H,18,19)/t14-/m1/s1. The molecule has 5 nitrogen and oxygen atoms in total. The molecule has 0 aliphatic heterocycles. The Labute approximate surface area is 132 Å². The van der Waals surface area contributed by atoms with Crippen LogP contribution in [0.4, 0.5) is 0 Å². The van der Waals surface area contributed by atoms with Crippen LogP contribution in [0.2, 0.25) is 0 Å². The van der Waals surface area contributed by atoms with E-state index >= 15 is 0 Å². The van der Waals surface area contributed by atoms with Gasteiger partial charge in [0.25, 0.3) is 5.91 Å². The van der Waals surface area contributed by atoms with Crippen LogP contribution >= 0.6 is 0 Å². The van der Waals surface area contributed by atoms with Crippen molar-refractivity contribution in [3.63, 3.8) is 0 Å². The summed E-state index contributed by atoms with van der Waals surface area (Å²) < 4.78 is 10.4. The number of amides is 1. The molecule has 0 aliphatic rings. The number of carbonyl (C=O) groups excluding carboxylic acids is 2. The second-order valence-electron chi connectivity index (χ2n) is 5.55. The van der Waals surface area contributed by atoms with E-state index in [0.717, 1.165) is 23.1 Å². The molecule has 0 aromatic heterocycles. The van der Waals surface area contributed by atoms with Crippen molar-refractivity contribution in [2.75, 3.05) is 13.2 Å². The lowest BCUT2D eigenvalue weighted by atomic mass is 10.1. The van der Waals surface area contributed by atoms with Crippen LogP contribution in [-0.2, 0) is 14.3 Å². The molecule has 1 atom stereocenters. The first-order valence-corrected chi connectivity index (χ1v) is 7.49. The monoisotopic (exact) mass is 307 g/mol. The third-order valence-corrected chi connectivity index (χ3v) is 3.32. The van der Waals surface area contributed by atoms with Crippen molar-refractivity contribution in [2.24, 2.45) is 0 Å². The van der Waals surface area contributed by atoms with Crippen LogP contribution in [-0.4, -0.2) is 31.1 Å². The van der Waals surface area contributed by atoms with Crippen LogP contribution in [0.1, 0.15) is 37.0 Å². The van der Waals surface area contributed by atoms with Crippen molar-refractivity contribution >= 4 is 11.9 Å². The van der Waals surface area contributed by atoms with E-state index in [1.807, 2.05) is 46.8 Å². The van der Waals surface area contributed by atoms with E-state index in [4.69, 9.17) is 9.47 Å². The smallest absolute Gasteiger partial charge is 0.344 e. The third-order valence-electron chi connectivity index (χ3n) is 3.32. The number of hydrogen-bond acceptors (Lipinski definition) is 4. The summed E-state index contributed by atoms with van der Waals surface area (Å²) in [7, 11) is 0. The highest BCUT2D eigenvalue weighted by Crippen LogP contribution is 2.24. The Morgan fingerprint density at radius 1 is 1.14 bits per heavy atom. The molecule has 0 aliphatic carbocycles. The van der Waals surface area contributed by atoms with Gasteiger partial charge in [-0.3, -0.25) is 4.79 Å². The molecular formula is C17H25NO4. The molecule has 1 amide bonds. The lowest BCUT2D eigenvalue weighted by Crippen LogP contribution is -2.35. The highest BCUT2D eigenvalue weighted by Gasteiger charge is 2.12. The highest BCUT2D eigenvalue weighted by atomic mass is 16.6. The third kappa shape index (κ3) is 5.76. The molecule has 1 aromatic carbocycles. The lowest BCUT2D eigenvalue weighted by molar-refractivity contribution is -0.150. The summed E-state index contributed by atoms with van der Waals surface area (Å²) in [4.78, 5) is 23.1. The number of esters is 1. The number of hydrogen-bond donors (Lipinski definition) is 1. The zero-order chi connectivity index (χ0) is 16.7. The van der Waals surface area contributed by atoms with Gasteiger partial charge in [0.05, 0.1) is 0 Å². The summed E-state index contributed by atoms with van der Waals surface area (Å²) in [5, 5.41) is 2.73. The normalized spacial score (nSPS) is 11.7. The number of ether oxygens (including phenoxy) is 2. The molecule has 0 fully saturated rings. The van der Waals surface area contributed by atoms with Crippen LogP contribution < -0.4 is 10.1 Å². The molecule has 0 heterocycles. The van der Waals surface area contributed by atoms with E-state index in [0.29, 0.717) is 5.75 Å². The molecule has 22 heavy (non-hydrogen) atoms. The maximum Gasteiger partial charge on any atom is 0.344 e. The molecule has 1 aromatic rings. The molecule has 1 rings (SSSR count). The summed E-state index contributed by atoms with van der Waals surface area (Å²) in [5.74, 6) is -0.171. The van der Waals surface area contributed by atoms with Crippen LogP contribution in [0.5, 0.6) is 5.75 Å². The maximum atomic E-state index is 11.6. The zero-order valence-corrected chi connectivity index (χ0v) is 14.0. The fourth-order valence-corrected chi connectivity index (χ4v) is 2.13. The van der Waals surface area contributed by atoms with E-state index < -0.39 is 5.97 Å². The lowest BCUT2D eigenvalue weighted by Gasteiger charge is -2.13. The first kappa shape index (κ1) is 18.0. The average Bonchev–Trinajstić information content (AvgIpc) is 2.43. The minimum absolute atomic E-state index is 0.0697. The van der Waals surface area contributed by atoms with Gasteiger partial charge in [-0.2, -0.15) is 0 Å². The number of benzene rings is 1. The fourth-order valence-electron chi connectivity index (χ4n) is 2.13. The Morgan fingerprint density at radius 2 is 1.73 bits per heavy atom. The van der Waals surface area contributed by atoms with Gasteiger partial charge in [-0.25, -0.2) is 4.79 Å². The van der Waals surface area contributed by atoms with Crippen molar-refractivity contribution in [1.29, 1.82) is 0 Å². The molecule has 0 bridgehead atoms. The van der Waals surface area contributed by atoms with E-state index in [1.54, 1.807) is 0 Å². The van der Waals surface area contributed by atoms with Crippen LogP contribution in [0, 0.1) is 20.8 Å². The van der Waals surface area contributed by atoms with Gasteiger partial charge < -0.3 is 14.8 Å². The predicted octanol–water partition coefficient (Wildman–Crippen LogP) is 2.45. The number of carbonyl (C=O) groups is 2. The highest BCUT2D eigenvalue weighted by molar-refractivity contribution is 5.81. The molecule has 122 valence electrons. The number of rotatable bonds is 7. The molecular weight excluding hydrogens is 282 g/mol. The van der Waals surface area contributed by atoms with Crippen LogP contribution in [0.3, 0.4) is 0 Å². The van der Waals surface area contributed by atoms with E-state index in [-0.39, 0.29) is 25.2 Å². The number of aryl methyl sites for hydroxylation is 3. The molecule has 0 saturated heterocycles. The zero-order valence-electron chi connectivity index (χ0n) is 14.0. The van der Waals surface area contributed by atoms with Gasteiger partial charge in [-0.1, -0.05) is 24.6 Å². The van der Waals surface area contributed by atoms with Gasteiger partial charge in [0.15, 0.2) is 13.2 Å². The number of nitrogens with one attached hydrogen (secondary N) is 1. The first-order chi connectivity index (χ1) is 10.3. The first-order valence-electron chi connectivity index (χ1n) is 7.49. The minimum Gasteiger partial charge on any atom is -0.481 e. The van der Waals surface area contributed by atoms with E-state index in [1.165, 1.54) is 0 Å². The Kier molecular flexibility index (Phi) is 6.89. The van der Waals surface area contributed by atoms with Gasteiger partial charge in [0, 0.05) is 6.04 Å². The molecule has 0 radical (unpaired) electrons. The van der Waals surface area contributed by atoms with Gasteiger partial charge in [0.1, 0.15) is 5.75 Å². The van der Waals surface area contributed by atoms with Gasteiger partial charge in [-0.15, -0.1) is 0 Å². The van der Waals surface area contributed by atoms with Crippen molar-refractivity contribution in [3.05, 3.63) is 28.8 Å². The average molecular weight is 307 g/mol. The quantitative estimate of drug-likeness (QED) is 0.786. The van der Waals surface area contributed by atoms with Gasteiger partial charge in [0.2, 0.25) is 0 Å². The topological polar surface area (TPSA) is 64.6 Å². The Balaban J connectivity index is 2.42. The van der Waals surface area contributed by atoms with E-state index in [9.17, 15) is 9.59 Å². The second-order valence-corrected chi connectivity index (χ2v) is 5.55. The Morgan fingerprint density at radius 3 is 2.27 bits per heavy atom. The molecule has 0 spiro atoms. The van der Waals surface area contributed by atoms with Gasteiger partial charge in [-0.05, 0) is 45.2 Å². The van der Waals surface area contributed by atoms with Crippen LogP contribution in [0.25, 0.3) is 0 Å². The summed E-state index contributed by atoms with van der Waals surface area (Å²) in [6.45, 7) is 9.25. The Hall–Kier alpha value is -2.04. The van der Waals surface area contributed by atoms with Crippen molar-refractivity contribution in [3.8, 4) is 5.75 Å². The van der Waals surface area contributed by atoms with Gasteiger partial charge >= 0.3 is 5.97 Å². The van der Waals surface area contributed by atoms with Crippen molar-refractivity contribution in [2.45, 2.75) is 47.1 Å². The maximum absolute atomic E-state index is 11.6. The van der Waals surface area contributed by atoms with Crippen molar-refractivity contribution in [1.82, 2.24) is 5.32 Å². The largest absolute Gasteiger partial charge is 0.481 e. The Bertz CT molecular complexity index is 516. The fraction of sp³-hybridized carbons (Fsp3) is 0.529. The van der Waals surface area contributed by atoms with Crippen LogP contribution in [0.15, 0.2) is 12.1 Å². The summed E-state index contributed by atoms with van der Waals surface area (Å²) in [6, 6.07) is 4.06. The summed E-state index contributed by atoms with van der Waals surface area (Å²) >= 11 is 0.